The third-order valence-electron chi connectivity index (χ3n) is 13.8. The van der Waals surface area contributed by atoms with E-state index in [2.05, 4.69) is 147 Å². The van der Waals surface area contributed by atoms with Gasteiger partial charge in [-0.1, -0.05) is 157 Å². The van der Waals surface area contributed by atoms with Crippen LogP contribution in [0.25, 0.3) is 50.2 Å². The summed E-state index contributed by atoms with van der Waals surface area (Å²) < 4.78 is 0. The van der Waals surface area contributed by atoms with Crippen LogP contribution in [0.15, 0.2) is 97.1 Å². The van der Waals surface area contributed by atoms with Gasteiger partial charge in [-0.25, -0.2) is 0 Å². The highest BCUT2D eigenvalue weighted by molar-refractivity contribution is 6.31. The maximum Gasteiger partial charge on any atom is 0.146 e. The van der Waals surface area contributed by atoms with Gasteiger partial charge in [0.2, 0.25) is 0 Å². The minimum atomic E-state index is -0.198. The van der Waals surface area contributed by atoms with E-state index in [1.807, 2.05) is 67.6 Å². The summed E-state index contributed by atoms with van der Waals surface area (Å²) in [6.45, 7) is 34.1. The average molecular weight is 1030 g/mol. The van der Waals surface area contributed by atoms with E-state index in [1.54, 1.807) is 29.1 Å². The highest BCUT2D eigenvalue weighted by Gasteiger charge is 2.30. The van der Waals surface area contributed by atoms with Gasteiger partial charge < -0.3 is 15.3 Å². The summed E-state index contributed by atoms with van der Waals surface area (Å²) in [5.41, 5.74) is 11.9. The maximum atomic E-state index is 11.1. The standard InChI is InChI=1S/C22H29N3O.C20H24ClN3O.C17H18ClN3O/c1-7-21(3,4)15-13-16(22(5,6)8-2)20(26)19(14-15)25-23-17-11-9-10-12-18(17)24-25;1-19(2,3)12-9-14(20(4,5)6)18(25)17(10-12)24-22-15-8-7-13(21)11-16(15)23-24;1-10-7-12(17(2,3)4)16(22)15(8-10)21-19-13-6-5-11(18)9-14(13)20-21/h9-14,26H,7-8H2,1-6H3;7-11,25H,1-6H3;5-9,22H,1-4H3. The fourth-order valence-corrected chi connectivity index (χ4v) is 8.62. The predicted octanol–water partition coefficient (Wildman–Crippen LogP) is 15.3. The Labute approximate surface area is 440 Å². The molecule has 0 aliphatic rings. The molecular formula is C59H71Cl2N9O3. The van der Waals surface area contributed by atoms with E-state index < -0.39 is 0 Å². The van der Waals surface area contributed by atoms with Crippen molar-refractivity contribution in [2.24, 2.45) is 0 Å². The lowest BCUT2D eigenvalue weighted by Crippen LogP contribution is -2.21. The molecule has 9 rings (SSSR count). The molecule has 12 nitrogen and oxygen atoms in total. The molecule has 0 unspecified atom stereocenters. The Kier molecular flexibility index (Phi) is 14.9. The Hall–Kier alpha value is -6.50. The van der Waals surface area contributed by atoms with Gasteiger partial charge in [-0.05, 0) is 130 Å². The molecule has 0 aliphatic heterocycles. The normalized spacial score (nSPS) is 12.5. The van der Waals surface area contributed by atoms with Crippen LogP contribution in [0.1, 0.15) is 150 Å². The molecule has 0 fully saturated rings. The zero-order valence-corrected chi connectivity index (χ0v) is 46.8. The van der Waals surface area contributed by atoms with Crippen LogP contribution >= 0.6 is 23.2 Å². The van der Waals surface area contributed by atoms with Crippen molar-refractivity contribution < 1.29 is 15.3 Å². The first-order valence-corrected chi connectivity index (χ1v) is 25.7. The van der Waals surface area contributed by atoms with E-state index in [9.17, 15) is 15.3 Å². The van der Waals surface area contributed by atoms with E-state index in [1.165, 1.54) is 15.2 Å². The fraction of sp³-hybridized carbons (Fsp3) is 0.390. The van der Waals surface area contributed by atoms with Gasteiger partial charge in [0, 0.05) is 26.7 Å². The predicted molar refractivity (Wildman–Crippen MR) is 299 cm³/mol. The Balaban J connectivity index is 0.000000161. The van der Waals surface area contributed by atoms with E-state index in [0.717, 1.165) is 62.7 Å². The Morgan fingerprint density at radius 1 is 0.397 bits per heavy atom. The number of phenolic OH excluding ortho intramolecular Hbond substituents is 3. The smallest absolute Gasteiger partial charge is 0.146 e. The average Bonchev–Trinajstić information content (AvgIpc) is 4.05. The first kappa shape index (κ1) is 54.3. The van der Waals surface area contributed by atoms with Crippen molar-refractivity contribution in [2.75, 3.05) is 0 Å². The van der Waals surface area contributed by atoms with Crippen LogP contribution in [-0.4, -0.2) is 60.3 Å². The fourth-order valence-electron chi connectivity index (χ4n) is 8.29. The van der Waals surface area contributed by atoms with Crippen LogP contribution in [-0.2, 0) is 27.1 Å². The lowest BCUT2D eigenvalue weighted by Gasteiger charge is -2.30. The zero-order chi connectivity index (χ0) is 53.7. The zero-order valence-electron chi connectivity index (χ0n) is 45.3. The van der Waals surface area contributed by atoms with Crippen molar-refractivity contribution in [3.8, 4) is 34.3 Å². The molecule has 3 heterocycles. The van der Waals surface area contributed by atoms with Crippen LogP contribution in [0.3, 0.4) is 0 Å². The molecule has 0 radical (unpaired) electrons. The summed E-state index contributed by atoms with van der Waals surface area (Å²) in [4.78, 5) is 4.55. The van der Waals surface area contributed by atoms with E-state index >= 15 is 0 Å². The third kappa shape index (κ3) is 11.7. The molecule has 0 aliphatic carbocycles. The van der Waals surface area contributed by atoms with Crippen LogP contribution in [0.2, 0.25) is 10.0 Å². The van der Waals surface area contributed by atoms with Crippen molar-refractivity contribution in [2.45, 2.75) is 151 Å². The number of nitrogens with zero attached hydrogens (tertiary/aromatic N) is 9. The third-order valence-corrected chi connectivity index (χ3v) is 14.3. The highest BCUT2D eigenvalue weighted by atomic mass is 35.5. The molecule has 3 aromatic heterocycles. The van der Waals surface area contributed by atoms with Crippen LogP contribution < -0.4 is 0 Å². The molecule has 3 N–H and O–H groups in total. The second kappa shape index (κ2) is 20.1. The molecular weight excluding hydrogens is 954 g/mol. The van der Waals surface area contributed by atoms with Crippen LogP contribution in [0.4, 0.5) is 0 Å². The Bertz CT molecular complexity index is 3440. The minimum Gasteiger partial charge on any atom is -0.505 e. The number of halogens is 2. The van der Waals surface area contributed by atoms with Crippen LogP contribution in [0, 0.1) is 6.92 Å². The number of hydrogen-bond acceptors (Lipinski definition) is 9. The molecule has 0 spiro atoms. The first-order valence-electron chi connectivity index (χ1n) is 24.9. The number of rotatable bonds is 7. The molecule has 0 saturated carbocycles. The summed E-state index contributed by atoms with van der Waals surface area (Å²) >= 11 is 12.0. The van der Waals surface area contributed by atoms with Crippen molar-refractivity contribution in [1.29, 1.82) is 0 Å². The number of aryl methyl sites for hydroxylation is 1. The number of fused-ring (bicyclic) bond motifs is 3. The number of phenols is 3. The molecule has 14 heteroatoms. The van der Waals surface area contributed by atoms with Gasteiger partial charge in [0.15, 0.2) is 0 Å². The van der Waals surface area contributed by atoms with E-state index in [0.29, 0.717) is 38.1 Å². The van der Waals surface area contributed by atoms with Crippen molar-refractivity contribution in [3.05, 3.63) is 140 Å². The number of aromatic hydroxyl groups is 3. The summed E-state index contributed by atoms with van der Waals surface area (Å²) in [6, 6.07) is 30.6. The molecule has 73 heavy (non-hydrogen) atoms. The summed E-state index contributed by atoms with van der Waals surface area (Å²) in [5.74, 6) is 0.698. The lowest BCUT2D eigenvalue weighted by atomic mass is 9.76. The SMILES string of the molecule is CC(C)(C)c1cc(-n2nc3ccc(Cl)cc3n2)c(O)c(C(C)(C)C)c1.CCC(C)(C)c1cc(-n2nc3ccccc3n2)c(O)c(C(C)(C)CC)c1.Cc1cc(-n2nc3ccc(Cl)cc3n2)c(O)c(C(C)(C)C)c1. The Morgan fingerprint density at radius 3 is 1.16 bits per heavy atom. The molecule has 384 valence electrons. The number of hydrogen-bond donors (Lipinski definition) is 3. The topological polar surface area (TPSA) is 153 Å². The number of aromatic nitrogens is 9. The lowest BCUT2D eigenvalue weighted by molar-refractivity contribution is 0.420. The summed E-state index contributed by atoms with van der Waals surface area (Å²) in [7, 11) is 0. The molecule has 0 bridgehead atoms. The van der Waals surface area contributed by atoms with Crippen molar-refractivity contribution in [3.63, 3.8) is 0 Å². The molecule has 0 amide bonds. The van der Waals surface area contributed by atoms with Crippen LogP contribution in [0.5, 0.6) is 17.2 Å². The first-order chi connectivity index (χ1) is 33.9. The van der Waals surface area contributed by atoms with E-state index in [-0.39, 0.29) is 44.3 Å². The second-order valence-electron chi connectivity index (χ2n) is 23.4. The highest BCUT2D eigenvalue weighted by Crippen LogP contribution is 2.43. The number of benzene rings is 6. The van der Waals surface area contributed by atoms with Gasteiger partial charge in [-0.15, -0.1) is 45.0 Å². The Morgan fingerprint density at radius 2 is 0.753 bits per heavy atom. The monoisotopic (exact) mass is 1020 g/mol. The maximum absolute atomic E-state index is 11.1. The summed E-state index contributed by atoms with van der Waals surface area (Å²) in [6.07, 6.45) is 1.95. The second-order valence-corrected chi connectivity index (χ2v) is 24.3. The van der Waals surface area contributed by atoms with Gasteiger partial charge >= 0.3 is 0 Å². The van der Waals surface area contributed by atoms with Gasteiger partial charge in [0.05, 0.1) is 0 Å². The van der Waals surface area contributed by atoms with Gasteiger partial charge in [0.25, 0.3) is 0 Å². The van der Waals surface area contributed by atoms with Gasteiger partial charge in [-0.3, -0.25) is 0 Å². The largest absolute Gasteiger partial charge is 0.505 e. The molecule has 0 atom stereocenters. The minimum absolute atomic E-state index is 0.00754. The molecule has 6 aromatic carbocycles. The summed E-state index contributed by atoms with van der Waals surface area (Å²) in [5, 5.41) is 61.0. The van der Waals surface area contributed by atoms with Gasteiger partial charge in [0.1, 0.15) is 67.4 Å². The van der Waals surface area contributed by atoms with Gasteiger partial charge in [-0.2, -0.15) is 0 Å². The van der Waals surface area contributed by atoms with Crippen molar-refractivity contribution in [1.82, 2.24) is 45.0 Å². The molecule has 9 aromatic rings. The quantitative estimate of drug-likeness (QED) is 0.142. The molecule has 0 saturated heterocycles. The van der Waals surface area contributed by atoms with E-state index in [4.69, 9.17) is 23.2 Å². The van der Waals surface area contributed by atoms with Crippen molar-refractivity contribution >= 4 is 56.3 Å².